The third kappa shape index (κ3) is 7.06. The molecule has 0 aromatic heterocycles. The second kappa shape index (κ2) is 12.2. The van der Waals surface area contributed by atoms with Gasteiger partial charge in [-0.05, 0) is 72.9 Å². The molecule has 1 spiro atoms. The minimum Gasteiger partial charge on any atom is -0.416 e. The highest BCUT2D eigenvalue weighted by Crippen LogP contribution is 2.51. The summed E-state index contributed by atoms with van der Waals surface area (Å²) in [5, 5.41) is -0.0353. The number of amides is 1. The van der Waals surface area contributed by atoms with Crippen LogP contribution in [0.2, 0.25) is 18.1 Å². The van der Waals surface area contributed by atoms with Gasteiger partial charge in [-0.1, -0.05) is 39.7 Å². The second-order valence-corrected chi connectivity index (χ2v) is 23.0. The first kappa shape index (κ1) is 34.9. The van der Waals surface area contributed by atoms with Gasteiger partial charge in [0.05, 0.1) is 10.6 Å². The Hall–Kier alpha value is -2.39. The highest BCUT2D eigenvalue weighted by atomic mass is 32.2. The lowest BCUT2D eigenvalue weighted by molar-refractivity contribution is -0.0412. The van der Waals surface area contributed by atoms with Gasteiger partial charge in [0.1, 0.15) is 0 Å². The summed E-state index contributed by atoms with van der Waals surface area (Å²) in [6.45, 7) is 10.4. The number of sulfonamides is 2. The molecule has 46 heavy (non-hydrogen) atoms. The van der Waals surface area contributed by atoms with Crippen molar-refractivity contribution in [2.75, 3.05) is 41.6 Å². The van der Waals surface area contributed by atoms with Gasteiger partial charge in [-0.15, -0.1) is 0 Å². The third-order valence-electron chi connectivity index (χ3n) is 10.2. The van der Waals surface area contributed by atoms with Crippen molar-refractivity contribution in [2.45, 2.75) is 93.7 Å². The Labute approximate surface area is 272 Å². The number of piperidine rings is 1. The monoisotopic (exact) mass is 697 g/mol. The molecule has 1 saturated carbocycles. The number of hydrogen-bond donors (Lipinski definition) is 1. The zero-order valence-corrected chi connectivity index (χ0v) is 29.9. The predicted octanol–water partition coefficient (Wildman–Crippen LogP) is 6.34. The Morgan fingerprint density at radius 2 is 1.63 bits per heavy atom. The van der Waals surface area contributed by atoms with Crippen LogP contribution in [0.4, 0.5) is 20.2 Å². The first-order chi connectivity index (χ1) is 21.3. The molecule has 2 heterocycles. The normalized spacial score (nSPS) is 20.2. The fourth-order valence-corrected chi connectivity index (χ4v) is 9.97. The largest absolute Gasteiger partial charge is 0.416 e. The number of carbonyl (C=O) groups excluding carboxylic acids is 1. The van der Waals surface area contributed by atoms with E-state index in [1.165, 1.54) is 18.2 Å². The summed E-state index contributed by atoms with van der Waals surface area (Å²) < 4.78 is 89.9. The maximum Gasteiger partial charge on any atom is 0.258 e. The molecular weight excluding hydrogens is 653 g/mol. The van der Waals surface area contributed by atoms with Crippen molar-refractivity contribution in [1.82, 2.24) is 4.31 Å². The van der Waals surface area contributed by atoms with Crippen molar-refractivity contribution in [3.05, 3.63) is 53.6 Å². The molecule has 0 bridgehead atoms. The van der Waals surface area contributed by atoms with Gasteiger partial charge >= 0.3 is 0 Å². The molecule has 1 N–H and O–H groups in total. The summed E-state index contributed by atoms with van der Waals surface area (Å²) in [6, 6.07) is 11.0. The molecule has 9 nitrogen and oxygen atoms in total. The Morgan fingerprint density at radius 1 is 0.978 bits per heavy atom. The average Bonchev–Trinajstić information content (AvgIpc) is 3.56. The fourth-order valence-electron chi connectivity index (χ4n) is 6.39. The molecule has 1 saturated heterocycles. The highest BCUT2D eigenvalue weighted by molar-refractivity contribution is 7.92. The summed E-state index contributed by atoms with van der Waals surface area (Å²) in [7, 11) is -9.86. The molecule has 2 fully saturated rings. The van der Waals surface area contributed by atoms with Crippen LogP contribution in [0.3, 0.4) is 0 Å². The van der Waals surface area contributed by atoms with Crippen molar-refractivity contribution in [2.24, 2.45) is 0 Å². The number of rotatable bonds is 9. The predicted molar refractivity (Wildman–Crippen MR) is 178 cm³/mol. The molecular formula is C32H45F2N3O6S2Si. The summed E-state index contributed by atoms with van der Waals surface area (Å²) in [5.74, 6) is -3.43. The van der Waals surface area contributed by atoms with Crippen molar-refractivity contribution in [3.63, 3.8) is 0 Å². The number of nitrogens with zero attached hydrogens (tertiary/aromatic N) is 2. The number of nitrogens with one attached hydrogen (secondary N) is 1. The van der Waals surface area contributed by atoms with E-state index in [1.807, 2.05) is 6.07 Å². The number of halogens is 2. The van der Waals surface area contributed by atoms with E-state index in [9.17, 15) is 30.4 Å². The average molecular weight is 698 g/mol. The third-order valence-corrected chi connectivity index (χ3v) is 17.9. The fraction of sp³-hybridized carbons (Fsp3) is 0.594. The number of benzene rings is 2. The molecule has 2 aliphatic heterocycles. The van der Waals surface area contributed by atoms with Gasteiger partial charge in [0, 0.05) is 61.4 Å². The lowest BCUT2D eigenvalue weighted by atomic mass is 9.81. The molecule has 0 atom stereocenters. The van der Waals surface area contributed by atoms with E-state index in [0.717, 1.165) is 35.6 Å². The van der Waals surface area contributed by atoms with Gasteiger partial charge in [-0.3, -0.25) is 9.52 Å². The Bertz CT molecular complexity index is 1690. The maximum atomic E-state index is 14.0. The highest BCUT2D eigenvalue weighted by Gasteiger charge is 2.47. The van der Waals surface area contributed by atoms with E-state index in [-0.39, 0.29) is 52.3 Å². The molecule has 0 unspecified atom stereocenters. The minimum absolute atomic E-state index is 0.0353. The number of alkyl halides is 2. The van der Waals surface area contributed by atoms with Gasteiger partial charge in [-0.2, -0.15) is 4.31 Å². The summed E-state index contributed by atoms with van der Waals surface area (Å²) in [6.07, 6.45) is 2.55. The van der Waals surface area contributed by atoms with Gasteiger partial charge in [-0.25, -0.2) is 25.6 Å². The standard InChI is InChI=1S/C32H45F2N3O6S2Si/c1-30(2,3)46(4,5)43-19-20-44(39,40)35-25-11-12-28-27(22-25)31(13-6-7-14-31)23-37(28)29(38)24-9-8-10-26(21-24)45(41,42)36-17-15-32(33,34)16-18-36/h8-12,21-22,35H,6-7,13-20,23H2,1-5H3. The lowest BCUT2D eigenvalue weighted by Crippen LogP contribution is -2.42. The molecule has 3 aliphatic rings. The molecule has 2 aromatic rings. The SMILES string of the molecule is CC(C)(C)[Si](C)(C)OCCS(=O)(=O)Nc1ccc2c(c1)C1(CCCC1)CN2C(=O)c1cccc(S(=O)(=O)N2CCC(F)(F)CC2)c1. The van der Waals surface area contributed by atoms with E-state index in [2.05, 4.69) is 38.6 Å². The number of hydrogen-bond acceptors (Lipinski definition) is 6. The lowest BCUT2D eigenvalue weighted by Gasteiger charge is -2.36. The van der Waals surface area contributed by atoms with Crippen molar-refractivity contribution >= 4 is 45.6 Å². The molecule has 1 aliphatic carbocycles. The molecule has 254 valence electrons. The number of anilines is 2. The molecule has 1 amide bonds. The summed E-state index contributed by atoms with van der Waals surface area (Å²) in [5.41, 5.74) is 1.83. The van der Waals surface area contributed by atoms with Crippen LogP contribution in [0.5, 0.6) is 0 Å². The number of carbonyl (C=O) groups is 1. The van der Waals surface area contributed by atoms with E-state index < -0.39 is 47.1 Å². The van der Waals surface area contributed by atoms with Crippen LogP contribution in [-0.4, -0.2) is 73.3 Å². The van der Waals surface area contributed by atoms with Crippen molar-refractivity contribution in [3.8, 4) is 0 Å². The first-order valence-corrected chi connectivity index (χ1v) is 21.8. The molecule has 5 rings (SSSR count). The minimum atomic E-state index is -4.06. The van der Waals surface area contributed by atoms with Crippen molar-refractivity contribution in [1.29, 1.82) is 0 Å². The van der Waals surface area contributed by atoms with Crippen molar-refractivity contribution < 1.29 is 34.8 Å². The second-order valence-electron chi connectivity index (χ2n) is 14.4. The van der Waals surface area contributed by atoms with Crippen LogP contribution < -0.4 is 9.62 Å². The van der Waals surface area contributed by atoms with Crippen LogP contribution in [0.25, 0.3) is 0 Å². The first-order valence-electron chi connectivity index (χ1n) is 15.8. The maximum absolute atomic E-state index is 14.0. The Kier molecular flexibility index (Phi) is 9.30. The molecule has 0 radical (unpaired) electrons. The van der Waals surface area contributed by atoms with Crippen LogP contribution >= 0.6 is 0 Å². The molecule has 14 heteroatoms. The van der Waals surface area contributed by atoms with E-state index in [1.54, 1.807) is 23.1 Å². The topological polar surface area (TPSA) is 113 Å². The van der Waals surface area contributed by atoms with E-state index >= 15 is 0 Å². The Morgan fingerprint density at radius 3 is 2.26 bits per heavy atom. The number of fused-ring (bicyclic) bond motifs is 2. The van der Waals surface area contributed by atoms with Crippen LogP contribution in [0, 0.1) is 0 Å². The van der Waals surface area contributed by atoms with E-state index in [0.29, 0.717) is 17.9 Å². The van der Waals surface area contributed by atoms with Gasteiger partial charge in [0.2, 0.25) is 20.0 Å². The zero-order valence-electron chi connectivity index (χ0n) is 27.2. The smallest absolute Gasteiger partial charge is 0.258 e. The van der Waals surface area contributed by atoms with Crippen LogP contribution in [0.15, 0.2) is 47.4 Å². The Balaban J connectivity index is 1.36. The van der Waals surface area contributed by atoms with Gasteiger partial charge in [0.15, 0.2) is 8.32 Å². The van der Waals surface area contributed by atoms with E-state index in [4.69, 9.17) is 4.43 Å². The summed E-state index contributed by atoms with van der Waals surface area (Å²) >= 11 is 0. The van der Waals surface area contributed by atoms with Crippen LogP contribution in [-0.2, 0) is 29.9 Å². The molecule has 2 aromatic carbocycles. The quantitative estimate of drug-likeness (QED) is 0.306. The van der Waals surface area contributed by atoms with Gasteiger partial charge in [0.25, 0.3) is 11.8 Å². The summed E-state index contributed by atoms with van der Waals surface area (Å²) in [4.78, 5) is 15.5. The van der Waals surface area contributed by atoms with Gasteiger partial charge < -0.3 is 9.33 Å². The zero-order chi connectivity index (χ0) is 33.8. The van der Waals surface area contributed by atoms with Crippen LogP contribution in [0.1, 0.15) is 75.2 Å².